The average molecular weight is 581 g/mol. The van der Waals surface area contributed by atoms with Crippen molar-refractivity contribution in [1.82, 2.24) is 14.9 Å². The van der Waals surface area contributed by atoms with E-state index in [1.165, 1.54) is 11.3 Å². The number of sulfone groups is 1. The highest BCUT2D eigenvalue weighted by atomic mass is 32.2. The number of para-hydroxylation sites is 1. The highest BCUT2D eigenvalue weighted by Gasteiger charge is 2.24. The van der Waals surface area contributed by atoms with E-state index in [0.29, 0.717) is 29.2 Å². The second kappa shape index (κ2) is 11.6. The topological polar surface area (TPSA) is 99.7 Å². The predicted octanol–water partition coefficient (Wildman–Crippen LogP) is 5.90. The number of rotatable bonds is 9. The van der Waals surface area contributed by atoms with E-state index in [1.54, 1.807) is 39.2 Å². The number of fused-ring (bicyclic) bond motifs is 1. The first-order valence-electron chi connectivity index (χ1n) is 13.4. The third-order valence-corrected chi connectivity index (χ3v) is 10.5. The van der Waals surface area contributed by atoms with Crippen molar-refractivity contribution in [1.29, 1.82) is 0 Å². The second-order valence-electron chi connectivity index (χ2n) is 10.4. The number of hydrogen-bond acceptors (Lipinski definition) is 10. The number of anilines is 5. The van der Waals surface area contributed by atoms with Crippen LogP contribution < -0.4 is 20.3 Å². The zero-order valence-electron chi connectivity index (χ0n) is 23.5. The van der Waals surface area contributed by atoms with Crippen LogP contribution in [0.25, 0.3) is 10.2 Å². The molecule has 2 N–H and O–H groups in total. The summed E-state index contributed by atoms with van der Waals surface area (Å²) in [7, 11) is 2.45. The van der Waals surface area contributed by atoms with E-state index < -0.39 is 15.1 Å². The Hall–Kier alpha value is -3.41. The zero-order valence-corrected chi connectivity index (χ0v) is 25.1. The Morgan fingerprint density at radius 1 is 1.02 bits per heavy atom. The van der Waals surface area contributed by atoms with Crippen LogP contribution in [0, 0.1) is 0 Å². The molecular weight excluding hydrogens is 544 g/mol. The first-order valence-corrected chi connectivity index (χ1v) is 15.8. The lowest BCUT2D eigenvalue weighted by molar-refractivity contribution is 0.249. The van der Waals surface area contributed by atoms with Crippen LogP contribution in [0.3, 0.4) is 0 Å². The summed E-state index contributed by atoms with van der Waals surface area (Å²) in [6, 6.07) is 15.6. The molecule has 0 aliphatic carbocycles. The van der Waals surface area contributed by atoms with Crippen LogP contribution >= 0.6 is 11.3 Å². The number of nitrogens with one attached hydrogen (secondary N) is 2. The molecule has 0 unspecified atom stereocenters. The van der Waals surface area contributed by atoms with Gasteiger partial charge in [-0.15, -0.1) is 11.3 Å². The zero-order chi connectivity index (χ0) is 28.4. The number of aromatic nitrogens is 2. The average Bonchev–Trinajstić information content (AvgIpc) is 3.42. The SMILES string of the molecule is COc1cc(N2CCC(N(C)C)CC2)ccc1Nc1nc(Nc2ccccc2S(=O)(=O)C(C)C)c2sccc2n1. The van der Waals surface area contributed by atoms with Gasteiger partial charge in [-0.05, 0) is 76.5 Å². The molecule has 2 aromatic carbocycles. The van der Waals surface area contributed by atoms with Gasteiger partial charge in [0.1, 0.15) is 5.75 Å². The maximum absolute atomic E-state index is 13.0. The van der Waals surface area contributed by atoms with Crippen LogP contribution in [0.1, 0.15) is 26.7 Å². The van der Waals surface area contributed by atoms with E-state index >= 15 is 0 Å². The van der Waals surface area contributed by atoms with Crippen LogP contribution in [0.15, 0.2) is 58.8 Å². The molecule has 2 aromatic heterocycles. The van der Waals surface area contributed by atoms with Gasteiger partial charge in [0.15, 0.2) is 15.7 Å². The van der Waals surface area contributed by atoms with Crippen molar-refractivity contribution in [2.45, 2.75) is 42.9 Å². The van der Waals surface area contributed by atoms with Gasteiger partial charge in [0, 0.05) is 30.9 Å². The van der Waals surface area contributed by atoms with Gasteiger partial charge in [-0.2, -0.15) is 4.98 Å². The first kappa shape index (κ1) is 28.1. The Bertz CT molecular complexity index is 1590. The molecule has 1 saturated heterocycles. The van der Waals surface area contributed by atoms with E-state index in [4.69, 9.17) is 14.7 Å². The summed E-state index contributed by atoms with van der Waals surface area (Å²) in [5.74, 6) is 1.62. The fourth-order valence-electron chi connectivity index (χ4n) is 4.94. The molecule has 0 bridgehead atoms. The summed E-state index contributed by atoms with van der Waals surface area (Å²) < 4.78 is 32.6. The largest absolute Gasteiger partial charge is 0.494 e. The van der Waals surface area contributed by atoms with Crippen LogP contribution in [0.4, 0.5) is 28.8 Å². The lowest BCUT2D eigenvalue weighted by atomic mass is 10.0. The number of methoxy groups -OCH3 is 1. The summed E-state index contributed by atoms with van der Waals surface area (Å²) >= 11 is 1.50. The van der Waals surface area contributed by atoms with Gasteiger partial charge in [0.2, 0.25) is 5.95 Å². The molecule has 3 heterocycles. The molecule has 0 spiro atoms. The number of thiophene rings is 1. The van der Waals surface area contributed by atoms with E-state index in [-0.39, 0.29) is 4.90 Å². The monoisotopic (exact) mass is 580 g/mol. The molecule has 11 heteroatoms. The third-order valence-electron chi connectivity index (χ3n) is 7.36. The molecule has 1 fully saturated rings. The molecule has 0 atom stereocenters. The molecular formula is C29H36N6O3S2. The van der Waals surface area contributed by atoms with Gasteiger partial charge in [0.25, 0.3) is 0 Å². The summed E-state index contributed by atoms with van der Waals surface area (Å²) in [5, 5.41) is 8.00. The van der Waals surface area contributed by atoms with E-state index in [9.17, 15) is 8.42 Å². The molecule has 0 amide bonds. The number of hydrogen-bond donors (Lipinski definition) is 2. The Morgan fingerprint density at radius 3 is 2.48 bits per heavy atom. The van der Waals surface area contributed by atoms with Crippen molar-refractivity contribution in [2.24, 2.45) is 0 Å². The number of benzene rings is 2. The number of nitrogens with zero attached hydrogens (tertiary/aromatic N) is 4. The minimum Gasteiger partial charge on any atom is -0.494 e. The minimum atomic E-state index is -3.50. The minimum absolute atomic E-state index is 0.245. The van der Waals surface area contributed by atoms with Gasteiger partial charge in [-0.3, -0.25) is 0 Å². The fourth-order valence-corrected chi connectivity index (χ4v) is 6.92. The highest BCUT2D eigenvalue weighted by molar-refractivity contribution is 7.92. The molecule has 4 aromatic rings. The fraction of sp³-hybridized carbons (Fsp3) is 0.379. The van der Waals surface area contributed by atoms with Gasteiger partial charge < -0.3 is 25.2 Å². The summed E-state index contributed by atoms with van der Waals surface area (Å²) in [5.41, 5.74) is 3.11. The highest BCUT2D eigenvalue weighted by Crippen LogP contribution is 2.36. The number of ether oxygens (including phenoxy) is 1. The summed E-state index contributed by atoms with van der Waals surface area (Å²) in [6.07, 6.45) is 2.25. The Kier molecular flexibility index (Phi) is 8.16. The lowest BCUT2D eigenvalue weighted by Gasteiger charge is -2.36. The normalized spacial score (nSPS) is 14.7. The van der Waals surface area contributed by atoms with Crippen molar-refractivity contribution >= 4 is 60.2 Å². The Morgan fingerprint density at radius 2 is 1.77 bits per heavy atom. The van der Waals surface area contributed by atoms with Crippen LogP contribution in [0.2, 0.25) is 0 Å². The summed E-state index contributed by atoms with van der Waals surface area (Å²) in [4.78, 5) is 14.4. The predicted molar refractivity (Wildman–Crippen MR) is 165 cm³/mol. The van der Waals surface area contributed by atoms with Gasteiger partial charge in [-0.1, -0.05) is 12.1 Å². The molecule has 0 radical (unpaired) electrons. The second-order valence-corrected chi connectivity index (χ2v) is 13.8. The van der Waals surface area contributed by atoms with Crippen LogP contribution in [0.5, 0.6) is 5.75 Å². The Balaban J connectivity index is 1.43. The summed E-state index contributed by atoms with van der Waals surface area (Å²) in [6.45, 7) is 5.36. The van der Waals surface area contributed by atoms with Crippen molar-refractivity contribution in [3.05, 3.63) is 53.9 Å². The maximum atomic E-state index is 13.0. The van der Waals surface area contributed by atoms with Crippen molar-refractivity contribution in [3.8, 4) is 5.75 Å². The lowest BCUT2D eigenvalue weighted by Crippen LogP contribution is -2.41. The first-order chi connectivity index (χ1) is 19.2. The number of piperidine rings is 1. The Labute approximate surface area is 240 Å². The molecule has 212 valence electrons. The molecule has 40 heavy (non-hydrogen) atoms. The molecule has 1 aliphatic rings. The molecule has 1 aliphatic heterocycles. The van der Waals surface area contributed by atoms with E-state index in [0.717, 1.165) is 47.5 Å². The quantitative estimate of drug-likeness (QED) is 0.251. The van der Waals surface area contributed by atoms with Gasteiger partial charge in [0.05, 0.1) is 38.8 Å². The van der Waals surface area contributed by atoms with E-state index in [1.807, 2.05) is 29.6 Å². The van der Waals surface area contributed by atoms with Crippen LogP contribution in [-0.4, -0.2) is 68.9 Å². The van der Waals surface area contributed by atoms with Crippen molar-refractivity contribution in [3.63, 3.8) is 0 Å². The van der Waals surface area contributed by atoms with Gasteiger partial charge in [-0.25, -0.2) is 13.4 Å². The smallest absolute Gasteiger partial charge is 0.229 e. The van der Waals surface area contributed by atoms with Crippen molar-refractivity contribution in [2.75, 3.05) is 49.8 Å². The van der Waals surface area contributed by atoms with E-state index in [2.05, 4.69) is 40.6 Å². The van der Waals surface area contributed by atoms with Crippen molar-refractivity contribution < 1.29 is 13.2 Å². The maximum Gasteiger partial charge on any atom is 0.229 e. The third kappa shape index (κ3) is 5.72. The molecule has 0 saturated carbocycles. The standard InChI is InChI=1S/C29H36N6O3S2/c1-19(2)40(36,37)26-9-7-6-8-23(26)30-28-27-24(14-17-39-27)32-29(33-28)31-22-11-10-21(18-25(22)38-5)35-15-12-20(13-16-35)34(3)4/h6-11,14,17-20H,12-13,15-16H2,1-5H3,(H2,30,31,32,33). The molecule has 9 nitrogen and oxygen atoms in total. The van der Waals surface area contributed by atoms with Crippen LogP contribution in [-0.2, 0) is 9.84 Å². The van der Waals surface area contributed by atoms with Gasteiger partial charge >= 0.3 is 0 Å². The molecule has 5 rings (SSSR count).